The molecule has 0 bridgehead atoms. The number of hydrogen-bond acceptors (Lipinski definition) is 5. The van der Waals surface area contributed by atoms with Crippen molar-refractivity contribution in [2.45, 2.75) is 39.2 Å². The molecule has 6 nitrogen and oxygen atoms in total. The minimum absolute atomic E-state index is 0.168. The van der Waals surface area contributed by atoms with Crippen molar-refractivity contribution in [2.24, 2.45) is 11.7 Å². The summed E-state index contributed by atoms with van der Waals surface area (Å²) in [7, 11) is 0. The van der Waals surface area contributed by atoms with Gasteiger partial charge >= 0.3 is 6.16 Å². The third-order valence-corrected chi connectivity index (χ3v) is 5.99. The highest BCUT2D eigenvalue weighted by atomic mass is 79.9. The maximum atomic E-state index is 13.1. The van der Waals surface area contributed by atoms with Gasteiger partial charge in [0.2, 0.25) is 5.91 Å². The van der Waals surface area contributed by atoms with Crippen LogP contribution in [0.1, 0.15) is 31.4 Å². The number of halogens is 2. The Bertz CT molecular complexity index is 967. The molecule has 0 aromatic heterocycles. The Morgan fingerprint density at radius 1 is 1.26 bits per heavy atom. The van der Waals surface area contributed by atoms with Crippen LogP contribution in [0.5, 0.6) is 5.75 Å². The number of amides is 1. The summed E-state index contributed by atoms with van der Waals surface area (Å²) in [5, 5.41) is 0.560. The van der Waals surface area contributed by atoms with Crippen molar-refractivity contribution >= 4 is 45.3 Å². The van der Waals surface area contributed by atoms with Crippen LogP contribution in [0.4, 0.5) is 10.5 Å². The number of aryl methyl sites for hydroxylation is 1. The van der Waals surface area contributed by atoms with Gasteiger partial charge in [0.1, 0.15) is 5.75 Å². The van der Waals surface area contributed by atoms with E-state index < -0.39 is 12.2 Å². The van der Waals surface area contributed by atoms with Crippen LogP contribution in [-0.2, 0) is 22.4 Å². The number of para-hydroxylation sites is 1. The molecule has 0 radical (unpaired) electrons. The van der Waals surface area contributed by atoms with Crippen molar-refractivity contribution in [3.8, 4) is 5.75 Å². The van der Waals surface area contributed by atoms with Crippen LogP contribution >= 0.6 is 27.5 Å². The summed E-state index contributed by atoms with van der Waals surface area (Å²) in [5.74, 6) is 0.405. The summed E-state index contributed by atoms with van der Waals surface area (Å²) in [6.45, 7) is 4.77. The Hall–Kier alpha value is -2.09. The average Bonchev–Trinajstić information content (AvgIpc) is 2.73. The lowest BCUT2D eigenvalue weighted by Crippen LogP contribution is -2.47. The van der Waals surface area contributed by atoms with Gasteiger partial charge in [0, 0.05) is 11.0 Å². The second-order valence-corrected chi connectivity index (χ2v) is 9.22. The molecule has 0 aliphatic carbocycles. The number of rotatable bonds is 6. The number of ether oxygens (including phenoxy) is 2. The van der Waals surface area contributed by atoms with E-state index in [0.29, 0.717) is 34.8 Å². The minimum atomic E-state index is -0.749. The van der Waals surface area contributed by atoms with Gasteiger partial charge in [-0.1, -0.05) is 59.6 Å². The molecule has 8 heteroatoms. The predicted molar refractivity (Wildman–Crippen MR) is 125 cm³/mol. The van der Waals surface area contributed by atoms with Gasteiger partial charge in [0.25, 0.3) is 0 Å². The summed E-state index contributed by atoms with van der Waals surface area (Å²) in [4.78, 5) is 26.5. The van der Waals surface area contributed by atoms with Gasteiger partial charge < -0.3 is 20.1 Å². The first-order valence-corrected chi connectivity index (χ1v) is 11.4. The average molecular weight is 510 g/mol. The summed E-state index contributed by atoms with van der Waals surface area (Å²) in [6.07, 6.45) is 1.34. The maximum absolute atomic E-state index is 13.1. The van der Waals surface area contributed by atoms with Crippen LogP contribution < -0.4 is 15.4 Å². The molecule has 1 amide bonds. The lowest BCUT2D eigenvalue weighted by Gasteiger charge is -2.32. The summed E-state index contributed by atoms with van der Waals surface area (Å²) >= 11 is 9.85. The SMILES string of the molecule is CC(C)COC(=O)Oc1ccc(C[C@@H](N)C(=O)N2CCCc3cccc(Cl)c32)c(Br)c1. The van der Waals surface area contributed by atoms with E-state index in [9.17, 15) is 9.59 Å². The van der Waals surface area contributed by atoms with E-state index in [1.165, 1.54) is 0 Å². The fraction of sp³-hybridized carbons (Fsp3) is 0.391. The van der Waals surface area contributed by atoms with Crippen LogP contribution in [0.15, 0.2) is 40.9 Å². The Morgan fingerprint density at radius 3 is 2.74 bits per heavy atom. The molecular weight excluding hydrogens is 484 g/mol. The first kappa shape index (κ1) is 23.6. The van der Waals surface area contributed by atoms with Crippen molar-refractivity contribution < 1.29 is 19.1 Å². The van der Waals surface area contributed by atoms with E-state index in [2.05, 4.69) is 15.9 Å². The molecule has 0 saturated heterocycles. The largest absolute Gasteiger partial charge is 0.513 e. The fourth-order valence-electron chi connectivity index (χ4n) is 3.47. The molecule has 3 rings (SSSR count). The molecule has 166 valence electrons. The standard InChI is InChI=1S/C23H26BrClN2O4/c1-14(2)13-30-23(29)31-17-9-8-16(18(24)12-17)11-20(26)22(28)27-10-4-6-15-5-3-7-19(25)21(15)27/h3,5,7-9,12,14,20H,4,6,10-11,13,26H2,1-2H3/t20-/m1/s1. The number of nitrogens with two attached hydrogens (primary N) is 1. The number of carbonyl (C=O) groups is 2. The molecule has 2 aromatic carbocycles. The lowest BCUT2D eigenvalue weighted by molar-refractivity contribution is -0.119. The zero-order valence-electron chi connectivity index (χ0n) is 17.6. The smallest absolute Gasteiger partial charge is 0.434 e. The molecule has 2 aromatic rings. The van der Waals surface area contributed by atoms with E-state index in [1.807, 2.05) is 26.0 Å². The monoisotopic (exact) mass is 508 g/mol. The van der Waals surface area contributed by atoms with E-state index >= 15 is 0 Å². The van der Waals surface area contributed by atoms with Crippen molar-refractivity contribution in [1.29, 1.82) is 0 Å². The van der Waals surface area contributed by atoms with Gasteiger partial charge in [-0.2, -0.15) is 0 Å². The number of benzene rings is 2. The van der Waals surface area contributed by atoms with Crippen LogP contribution in [0, 0.1) is 5.92 Å². The van der Waals surface area contributed by atoms with Crippen LogP contribution in [-0.4, -0.2) is 31.3 Å². The van der Waals surface area contributed by atoms with Gasteiger partial charge in [-0.25, -0.2) is 4.79 Å². The topological polar surface area (TPSA) is 81.9 Å². The second-order valence-electron chi connectivity index (χ2n) is 7.96. The normalized spacial score (nSPS) is 14.2. The molecule has 1 atom stereocenters. The van der Waals surface area contributed by atoms with Crippen molar-refractivity contribution in [1.82, 2.24) is 0 Å². The molecule has 0 fully saturated rings. The highest BCUT2D eigenvalue weighted by Crippen LogP contribution is 2.34. The lowest BCUT2D eigenvalue weighted by atomic mass is 9.99. The summed E-state index contributed by atoms with van der Waals surface area (Å²) < 4.78 is 10.9. The van der Waals surface area contributed by atoms with Crippen molar-refractivity contribution in [2.75, 3.05) is 18.1 Å². The number of nitrogens with zero attached hydrogens (tertiary/aromatic N) is 1. The second kappa shape index (κ2) is 10.5. The summed E-state index contributed by atoms with van der Waals surface area (Å²) in [6, 6.07) is 10.0. The van der Waals surface area contributed by atoms with Crippen LogP contribution in [0.25, 0.3) is 0 Å². The number of anilines is 1. The molecule has 2 N–H and O–H groups in total. The Morgan fingerprint density at radius 2 is 2.03 bits per heavy atom. The first-order chi connectivity index (χ1) is 14.8. The fourth-order valence-corrected chi connectivity index (χ4v) is 4.28. The van der Waals surface area contributed by atoms with E-state index in [-0.39, 0.29) is 11.8 Å². The Balaban J connectivity index is 1.66. The number of fused-ring (bicyclic) bond motifs is 1. The third kappa shape index (κ3) is 5.99. The maximum Gasteiger partial charge on any atom is 0.513 e. The van der Waals surface area contributed by atoms with Crippen LogP contribution in [0.2, 0.25) is 5.02 Å². The van der Waals surface area contributed by atoms with Gasteiger partial charge in [0.05, 0.1) is 23.4 Å². The van der Waals surface area contributed by atoms with Gasteiger partial charge in [0.15, 0.2) is 0 Å². The highest BCUT2D eigenvalue weighted by Gasteiger charge is 2.28. The molecular formula is C23H26BrClN2O4. The Kier molecular flexibility index (Phi) is 7.97. The third-order valence-electron chi connectivity index (χ3n) is 4.95. The highest BCUT2D eigenvalue weighted by molar-refractivity contribution is 9.10. The molecule has 31 heavy (non-hydrogen) atoms. The summed E-state index contributed by atoms with van der Waals surface area (Å²) in [5.41, 5.74) is 8.94. The van der Waals surface area contributed by atoms with E-state index in [4.69, 9.17) is 26.8 Å². The molecule has 1 aliphatic heterocycles. The quantitative estimate of drug-likeness (QED) is 0.431. The minimum Gasteiger partial charge on any atom is -0.434 e. The molecule has 0 spiro atoms. The first-order valence-electron chi connectivity index (χ1n) is 10.2. The molecule has 0 saturated carbocycles. The van der Waals surface area contributed by atoms with Gasteiger partial charge in [-0.05, 0) is 54.5 Å². The number of carbonyl (C=O) groups excluding carboxylic acids is 2. The van der Waals surface area contributed by atoms with Crippen molar-refractivity contribution in [3.05, 3.63) is 57.0 Å². The molecule has 1 heterocycles. The van der Waals surface area contributed by atoms with E-state index in [1.54, 1.807) is 29.2 Å². The van der Waals surface area contributed by atoms with Gasteiger partial charge in [-0.15, -0.1) is 0 Å². The molecule has 0 unspecified atom stereocenters. The Labute approximate surface area is 195 Å². The zero-order valence-corrected chi connectivity index (χ0v) is 19.9. The number of hydrogen-bond donors (Lipinski definition) is 1. The molecule has 1 aliphatic rings. The van der Waals surface area contributed by atoms with Crippen LogP contribution in [0.3, 0.4) is 0 Å². The van der Waals surface area contributed by atoms with E-state index in [0.717, 1.165) is 29.7 Å². The van der Waals surface area contributed by atoms with Crippen molar-refractivity contribution in [3.63, 3.8) is 0 Å². The predicted octanol–water partition coefficient (Wildman–Crippen LogP) is 5.12. The zero-order chi connectivity index (χ0) is 22.5. The van der Waals surface area contributed by atoms with Gasteiger partial charge in [-0.3, -0.25) is 4.79 Å².